The van der Waals surface area contributed by atoms with E-state index in [1.54, 1.807) is 0 Å². The molecule has 14 N–H and O–H groups in total. The summed E-state index contributed by atoms with van der Waals surface area (Å²) in [5, 5.41) is 5.14. The minimum atomic E-state index is -2.98. The summed E-state index contributed by atoms with van der Waals surface area (Å²) in [7, 11) is 0. The molecular weight excluding hydrogens is 464 g/mol. The van der Waals surface area contributed by atoms with Crippen LogP contribution in [0.5, 0.6) is 0 Å². The summed E-state index contributed by atoms with van der Waals surface area (Å²) in [6.45, 7) is -12.2. The fraction of sp³-hybridized carbons (Fsp3) is 0.818. The fourth-order valence-electron chi connectivity index (χ4n) is 2.98. The highest BCUT2D eigenvalue weighted by Crippen LogP contribution is 2.03. The van der Waals surface area contributed by atoms with Gasteiger partial charge in [0.25, 0.3) is 0 Å². The molecule has 0 aromatic heterocycles. The Kier molecular flexibility index (Phi) is 10.5. The number of hydrogen-bond donors (Lipinski definition) is 8. The van der Waals surface area contributed by atoms with Crippen molar-refractivity contribution in [2.75, 3.05) is 65.3 Å². The van der Waals surface area contributed by atoms with E-state index in [-0.39, 0.29) is 37.9 Å². The zero-order valence-corrected chi connectivity index (χ0v) is 20.7. The first-order valence-electron chi connectivity index (χ1n) is 15.9. The van der Waals surface area contributed by atoms with Gasteiger partial charge in [-0.25, -0.2) is 0 Å². The maximum Gasteiger partial charge on any atom is 0.236 e. The van der Waals surface area contributed by atoms with Crippen molar-refractivity contribution < 1.29 is 20.6 Å². The van der Waals surface area contributed by atoms with Gasteiger partial charge in [0, 0.05) is 63.1 Å². The molecule has 0 spiro atoms. The van der Waals surface area contributed by atoms with Crippen LogP contribution >= 0.6 is 0 Å². The third-order valence-electron chi connectivity index (χ3n) is 4.96. The summed E-state index contributed by atoms with van der Waals surface area (Å²) in [5.41, 5.74) is 32.7. The molecule has 0 bridgehead atoms. The first-order chi connectivity index (χ1) is 20.2. The van der Waals surface area contributed by atoms with E-state index in [0.29, 0.717) is 48.6 Å². The number of carbonyl (C=O) groups excluding carboxylic acids is 2. The quantitative estimate of drug-likeness (QED) is 0.0500. The summed E-state index contributed by atoms with van der Waals surface area (Å²) in [5.74, 6) is -1.13. The average Bonchev–Trinajstić information content (AvgIpc) is 2.90. The highest BCUT2D eigenvalue weighted by molar-refractivity contribution is 5.81. The van der Waals surface area contributed by atoms with Gasteiger partial charge in [-0.15, -0.1) is 0 Å². The number of hydrogen-bond acceptors (Lipinski definition) is 8. The van der Waals surface area contributed by atoms with Gasteiger partial charge >= 0.3 is 0 Å². The molecule has 14 nitrogen and oxygen atoms in total. The van der Waals surface area contributed by atoms with Crippen LogP contribution in [0.3, 0.4) is 0 Å². The van der Waals surface area contributed by atoms with Crippen LogP contribution in [0, 0.1) is 0 Å². The van der Waals surface area contributed by atoms with Crippen molar-refractivity contribution in [2.45, 2.75) is 50.6 Å². The molecule has 0 aromatic rings. The second kappa shape index (κ2) is 18.6. The molecule has 1 rings (SSSR count). The van der Waals surface area contributed by atoms with Crippen molar-refractivity contribution in [1.29, 1.82) is 0 Å². The predicted octanol–water partition coefficient (Wildman–Crippen LogP) is -3.62. The topological polar surface area (TPSA) is 246 Å². The number of amides is 2. The number of nitrogens with two attached hydrogens (primary N) is 6. The van der Waals surface area contributed by atoms with Crippen molar-refractivity contribution in [3.63, 3.8) is 0 Å². The molecule has 2 amide bonds. The van der Waals surface area contributed by atoms with Crippen LogP contribution in [-0.4, -0.2) is 111 Å². The summed E-state index contributed by atoms with van der Waals surface area (Å²) < 4.78 is 68.0. The molecule has 1 saturated heterocycles. The minimum Gasteiger partial charge on any atom is -0.370 e. The van der Waals surface area contributed by atoms with Crippen LogP contribution in [-0.2, 0) is 9.59 Å². The second-order valence-electron chi connectivity index (χ2n) is 8.15. The standard InChI is InChI=1S/C22H48N12O2/c23-17(5-1-7-31-21(25)26)19(35)29-9-3-11-33-13-15-34(16-14-33)12-4-10-30-20(36)18(24)6-2-8-32-22(27)28/h17-18H,1-16,23-24H2,(H,29,35)(H,30,36)(H4,25,26,31)(H4,27,28,32)/t17-,18-/m0/s1/i13D2,14D2,15D2,16D2. The number of nitrogens with zero attached hydrogens (tertiary/aromatic N) is 4. The smallest absolute Gasteiger partial charge is 0.236 e. The van der Waals surface area contributed by atoms with Gasteiger partial charge in [0.1, 0.15) is 0 Å². The Balaban J connectivity index is 2.74. The van der Waals surface area contributed by atoms with Crippen molar-refractivity contribution in [1.82, 2.24) is 20.4 Å². The Hall–Kier alpha value is -2.68. The van der Waals surface area contributed by atoms with E-state index in [0.717, 1.165) is 0 Å². The lowest BCUT2D eigenvalue weighted by atomic mass is 10.1. The molecule has 1 aliphatic rings. The maximum absolute atomic E-state index is 12.3. The molecule has 0 aliphatic carbocycles. The molecule has 0 saturated carbocycles. The summed E-state index contributed by atoms with van der Waals surface area (Å²) >= 11 is 0. The Morgan fingerprint density at radius 1 is 0.722 bits per heavy atom. The second-order valence-corrected chi connectivity index (χ2v) is 8.15. The highest BCUT2D eigenvalue weighted by atomic mass is 16.2. The van der Waals surface area contributed by atoms with Gasteiger partial charge < -0.3 is 54.8 Å². The summed E-state index contributed by atoms with van der Waals surface area (Å²) in [6.07, 6.45) is 1.48. The monoisotopic (exact) mass is 520 g/mol. The molecular formula is C22H48N12O2. The Labute approximate surface area is 225 Å². The van der Waals surface area contributed by atoms with Gasteiger partial charge in [0.05, 0.1) is 12.1 Å². The highest BCUT2D eigenvalue weighted by Gasteiger charge is 2.17. The molecule has 0 unspecified atom stereocenters. The Morgan fingerprint density at radius 3 is 1.42 bits per heavy atom. The molecule has 2 atom stereocenters. The van der Waals surface area contributed by atoms with Crippen LogP contribution in [0.1, 0.15) is 49.5 Å². The first kappa shape index (κ1) is 20.4. The largest absolute Gasteiger partial charge is 0.370 e. The molecule has 1 aliphatic heterocycles. The number of carbonyl (C=O) groups is 2. The third kappa shape index (κ3) is 15.3. The van der Waals surface area contributed by atoms with Crippen molar-refractivity contribution in [3.8, 4) is 0 Å². The molecule has 36 heavy (non-hydrogen) atoms. The van der Waals surface area contributed by atoms with Gasteiger partial charge in [-0.3, -0.25) is 19.6 Å². The Morgan fingerprint density at radius 2 is 1.08 bits per heavy atom. The number of rotatable bonds is 18. The molecule has 14 heteroatoms. The summed E-state index contributed by atoms with van der Waals surface area (Å²) in [6, 6.07) is -1.71. The lowest BCUT2D eigenvalue weighted by Gasteiger charge is -2.34. The van der Waals surface area contributed by atoms with E-state index in [9.17, 15) is 9.59 Å². The van der Waals surface area contributed by atoms with Crippen molar-refractivity contribution in [2.24, 2.45) is 44.4 Å². The zero-order chi connectivity index (χ0) is 33.9. The lowest BCUT2D eigenvalue weighted by Crippen LogP contribution is -2.48. The molecule has 208 valence electrons. The van der Waals surface area contributed by atoms with E-state index < -0.39 is 63.0 Å². The van der Waals surface area contributed by atoms with Gasteiger partial charge in [-0.1, -0.05) is 0 Å². The normalized spacial score (nSPS) is 24.9. The van der Waals surface area contributed by atoms with Crippen molar-refractivity contribution in [3.05, 3.63) is 0 Å². The summed E-state index contributed by atoms with van der Waals surface area (Å²) in [4.78, 5) is 33.1. The maximum atomic E-state index is 12.3. The number of aliphatic imine (C=N–C) groups is 2. The fourth-order valence-corrected chi connectivity index (χ4v) is 2.98. The third-order valence-corrected chi connectivity index (χ3v) is 4.96. The number of guanidine groups is 2. The average molecular weight is 521 g/mol. The lowest BCUT2D eigenvalue weighted by molar-refractivity contribution is -0.123. The molecule has 1 heterocycles. The van der Waals surface area contributed by atoms with Crippen LogP contribution in [0.4, 0.5) is 0 Å². The van der Waals surface area contributed by atoms with Gasteiger partial charge in [-0.2, -0.15) is 0 Å². The van der Waals surface area contributed by atoms with E-state index >= 15 is 0 Å². The number of nitrogens with one attached hydrogen (secondary N) is 2. The van der Waals surface area contributed by atoms with E-state index in [2.05, 4.69) is 20.6 Å². The number of piperazine rings is 1. The molecule has 1 fully saturated rings. The van der Waals surface area contributed by atoms with Crippen LogP contribution in [0.2, 0.25) is 0 Å². The Bertz CT molecular complexity index is 904. The van der Waals surface area contributed by atoms with Crippen LogP contribution in [0.25, 0.3) is 0 Å². The van der Waals surface area contributed by atoms with E-state index in [1.165, 1.54) is 0 Å². The van der Waals surface area contributed by atoms with Crippen molar-refractivity contribution >= 4 is 23.7 Å². The van der Waals surface area contributed by atoms with Crippen LogP contribution in [0.15, 0.2) is 9.98 Å². The van der Waals surface area contributed by atoms with Gasteiger partial charge in [0.15, 0.2) is 11.9 Å². The van der Waals surface area contributed by atoms with Crippen LogP contribution < -0.4 is 45.0 Å². The van der Waals surface area contributed by atoms with E-state index in [1.807, 2.05) is 0 Å². The molecule has 0 radical (unpaired) electrons. The SMILES string of the molecule is [2H]C1([2H])N(CCCNC(=O)[C@@H](N)CCCN=C(N)N)C([2H])([2H])C([2H])([2H])N(CCCNC(=O)[C@@H](N)CCCN=C(N)N)C1([2H])[2H]. The first-order valence-corrected chi connectivity index (χ1v) is 11.9. The minimum absolute atomic E-state index is 0.0180. The van der Waals surface area contributed by atoms with Gasteiger partial charge in [0.2, 0.25) is 11.8 Å². The molecule has 0 aromatic carbocycles. The zero-order valence-electron chi connectivity index (χ0n) is 28.7. The van der Waals surface area contributed by atoms with Gasteiger partial charge in [-0.05, 0) is 51.6 Å². The van der Waals surface area contributed by atoms with E-state index in [4.69, 9.17) is 45.4 Å². The predicted molar refractivity (Wildman–Crippen MR) is 144 cm³/mol.